The van der Waals surface area contributed by atoms with Crippen LogP contribution in [0.4, 0.5) is 5.95 Å². The molecule has 2 aromatic carbocycles. The molecule has 6 bridgehead atoms. The first-order valence-corrected chi connectivity index (χ1v) is 12.2. The van der Waals surface area contributed by atoms with Crippen LogP contribution in [0.25, 0.3) is 5.70 Å². The number of ether oxygens (including phenoxy) is 2. The summed E-state index contributed by atoms with van der Waals surface area (Å²) in [7, 11) is 0. The number of likely N-dealkylation sites (N-methyl/N-ethyl adjacent to an activating group) is 1. The van der Waals surface area contributed by atoms with Crippen LogP contribution < -0.4 is 20.1 Å². The highest BCUT2D eigenvalue weighted by atomic mass is 16.5. The van der Waals surface area contributed by atoms with E-state index in [1.165, 1.54) is 0 Å². The predicted octanol–water partition coefficient (Wildman–Crippen LogP) is 3.75. The van der Waals surface area contributed by atoms with Crippen LogP contribution in [0.3, 0.4) is 0 Å². The first-order valence-electron chi connectivity index (χ1n) is 12.2. The maximum absolute atomic E-state index is 5.97. The minimum absolute atomic E-state index is 0.327. The molecule has 4 aliphatic heterocycles. The monoisotopic (exact) mass is 474 g/mol. The molecule has 0 amide bonds. The first kappa shape index (κ1) is 24.5. The Morgan fingerprint density at radius 2 is 1.71 bits per heavy atom. The van der Waals surface area contributed by atoms with E-state index in [0.717, 1.165) is 54.3 Å². The van der Waals surface area contributed by atoms with Crippen LogP contribution in [0.1, 0.15) is 36.4 Å². The van der Waals surface area contributed by atoms with Crippen LogP contribution in [-0.4, -0.2) is 59.2 Å². The van der Waals surface area contributed by atoms with Crippen molar-refractivity contribution in [2.24, 2.45) is 0 Å². The number of nitrogens with zero attached hydrogens (tertiary/aromatic N) is 4. The number of anilines is 1. The van der Waals surface area contributed by atoms with Crippen LogP contribution in [0.5, 0.6) is 11.8 Å². The SMILES string of the molecule is C=C1NCCN(CC)CCOc2ccc(cc2)CNc2nc(nc(OCC)n2)Cc2ccc1cc2. The highest BCUT2D eigenvalue weighted by Crippen LogP contribution is 2.17. The second-order valence-corrected chi connectivity index (χ2v) is 8.35. The van der Waals surface area contributed by atoms with Crippen LogP contribution in [0.15, 0.2) is 55.1 Å². The zero-order chi connectivity index (χ0) is 24.5. The van der Waals surface area contributed by atoms with Gasteiger partial charge >= 0.3 is 6.01 Å². The molecule has 184 valence electrons. The minimum Gasteiger partial charge on any atom is -0.492 e. The van der Waals surface area contributed by atoms with E-state index in [-0.39, 0.29) is 0 Å². The van der Waals surface area contributed by atoms with Gasteiger partial charge in [0.25, 0.3) is 0 Å². The van der Waals surface area contributed by atoms with Gasteiger partial charge in [0.1, 0.15) is 18.2 Å². The fourth-order valence-electron chi connectivity index (χ4n) is 3.83. The van der Waals surface area contributed by atoms with Crippen molar-refractivity contribution in [1.82, 2.24) is 25.2 Å². The molecule has 35 heavy (non-hydrogen) atoms. The largest absolute Gasteiger partial charge is 0.492 e. The quantitative estimate of drug-likeness (QED) is 0.594. The van der Waals surface area contributed by atoms with Crippen molar-refractivity contribution in [3.63, 3.8) is 0 Å². The average Bonchev–Trinajstić information content (AvgIpc) is 2.87. The molecule has 0 fully saturated rings. The lowest BCUT2D eigenvalue weighted by atomic mass is 10.1. The zero-order valence-electron chi connectivity index (χ0n) is 20.6. The van der Waals surface area contributed by atoms with Gasteiger partial charge in [-0.25, -0.2) is 0 Å². The van der Waals surface area contributed by atoms with E-state index >= 15 is 0 Å². The summed E-state index contributed by atoms with van der Waals surface area (Å²) in [5.74, 6) is 2.01. The van der Waals surface area contributed by atoms with Crippen molar-refractivity contribution in [2.45, 2.75) is 26.8 Å². The second kappa shape index (κ2) is 12.2. The topological polar surface area (TPSA) is 84.4 Å². The van der Waals surface area contributed by atoms with Crippen molar-refractivity contribution in [3.8, 4) is 11.8 Å². The summed E-state index contributed by atoms with van der Waals surface area (Å²) < 4.78 is 11.6. The van der Waals surface area contributed by atoms with Crippen molar-refractivity contribution in [1.29, 1.82) is 0 Å². The van der Waals surface area contributed by atoms with Gasteiger partial charge in [-0.2, -0.15) is 15.0 Å². The molecule has 0 atom stereocenters. The number of nitrogens with one attached hydrogen (secondary N) is 2. The molecule has 0 radical (unpaired) electrons. The molecular weight excluding hydrogens is 440 g/mol. The molecule has 3 aromatic rings. The minimum atomic E-state index is 0.327. The van der Waals surface area contributed by atoms with E-state index < -0.39 is 0 Å². The molecule has 4 aliphatic rings. The lowest BCUT2D eigenvalue weighted by Gasteiger charge is -2.21. The van der Waals surface area contributed by atoms with E-state index in [9.17, 15) is 0 Å². The lowest BCUT2D eigenvalue weighted by Crippen LogP contribution is -2.34. The Hall–Kier alpha value is -3.65. The third-order valence-electron chi connectivity index (χ3n) is 5.86. The van der Waals surface area contributed by atoms with E-state index in [1.54, 1.807) is 0 Å². The summed E-state index contributed by atoms with van der Waals surface area (Å²) in [5, 5.41) is 6.75. The Bertz CT molecular complexity index is 1100. The summed E-state index contributed by atoms with van der Waals surface area (Å²) >= 11 is 0. The number of hydrogen-bond donors (Lipinski definition) is 2. The number of rotatable bonds is 3. The van der Waals surface area contributed by atoms with Crippen LogP contribution in [-0.2, 0) is 13.0 Å². The third-order valence-corrected chi connectivity index (χ3v) is 5.86. The normalized spacial score (nSPS) is 15.3. The van der Waals surface area contributed by atoms with E-state index in [2.05, 4.69) is 80.4 Å². The summed E-state index contributed by atoms with van der Waals surface area (Å²) in [6.45, 7) is 13.6. The molecule has 0 saturated carbocycles. The van der Waals surface area contributed by atoms with Gasteiger partial charge in [0.15, 0.2) is 0 Å². The molecule has 5 heterocycles. The smallest absolute Gasteiger partial charge is 0.321 e. The fourth-order valence-corrected chi connectivity index (χ4v) is 3.83. The van der Waals surface area contributed by atoms with Crippen LogP contribution in [0, 0.1) is 0 Å². The molecular formula is C27H34N6O2. The van der Waals surface area contributed by atoms with Crippen LogP contribution >= 0.6 is 0 Å². The van der Waals surface area contributed by atoms with Gasteiger partial charge in [-0.1, -0.05) is 49.9 Å². The van der Waals surface area contributed by atoms with E-state index in [4.69, 9.17) is 9.47 Å². The Labute approximate surface area is 207 Å². The third kappa shape index (κ3) is 7.16. The van der Waals surface area contributed by atoms with Crippen LogP contribution in [0.2, 0.25) is 0 Å². The number of benzene rings is 2. The van der Waals surface area contributed by atoms with Crippen molar-refractivity contribution < 1.29 is 9.47 Å². The molecule has 0 spiro atoms. The molecule has 8 nitrogen and oxygen atoms in total. The summed E-state index contributed by atoms with van der Waals surface area (Å²) in [6.07, 6.45) is 0.578. The standard InChI is InChI=1S/C27H34N6O2/c1-4-33-15-14-28-20(3)23-10-6-21(7-11-23)18-25-30-26(32-27(31-25)34-5-2)29-19-22-8-12-24(13-9-22)35-17-16-33/h6-13,28H,3-5,14-19H2,1-2H3,(H,29,30,31,32). The van der Waals surface area contributed by atoms with Crippen molar-refractivity contribution >= 4 is 11.6 Å². The maximum Gasteiger partial charge on any atom is 0.321 e. The van der Waals surface area contributed by atoms with Gasteiger partial charge in [0.2, 0.25) is 5.95 Å². The Kier molecular flexibility index (Phi) is 8.51. The second-order valence-electron chi connectivity index (χ2n) is 8.35. The summed E-state index contributed by atoms with van der Waals surface area (Å²) in [6, 6.07) is 16.8. The fraction of sp³-hybridized carbons (Fsp3) is 0.370. The van der Waals surface area contributed by atoms with E-state index in [0.29, 0.717) is 44.0 Å². The van der Waals surface area contributed by atoms with Gasteiger partial charge < -0.3 is 20.1 Å². The molecule has 7 rings (SSSR count). The van der Waals surface area contributed by atoms with Crippen molar-refractivity contribution in [2.75, 3.05) is 44.7 Å². The predicted molar refractivity (Wildman–Crippen MR) is 139 cm³/mol. The Morgan fingerprint density at radius 3 is 2.46 bits per heavy atom. The Morgan fingerprint density at radius 1 is 0.943 bits per heavy atom. The van der Waals surface area contributed by atoms with Crippen molar-refractivity contribution in [3.05, 3.63) is 77.6 Å². The van der Waals surface area contributed by atoms with Gasteiger partial charge in [-0.3, -0.25) is 4.90 Å². The number of aromatic nitrogens is 3. The molecule has 0 unspecified atom stereocenters. The van der Waals surface area contributed by atoms with Gasteiger partial charge in [-0.15, -0.1) is 0 Å². The highest BCUT2D eigenvalue weighted by Gasteiger charge is 2.10. The molecule has 0 aliphatic carbocycles. The summed E-state index contributed by atoms with van der Waals surface area (Å²) in [5.41, 5.74) is 4.20. The van der Waals surface area contributed by atoms with Gasteiger partial charge in [0, 0.05) is 38.3 Å². The first-order chi connectivity index (χ1) is 17.1. The molecule has 8 heteroatoms. The van der Waals surface area contributed by atoms with Gasteiger partial charge in [-0.05, 0) is 42.3 Å². The van der Waals surface area contributed by atoms with E-state index in [1.807, 2.05) is 19.1 Å². The number of hydrogen-bond acceptors (Lipinski definition) is 8. The Balaban J connectivity index is 1.57. The maximum atomic E-state index is 5.97. The molecule has 0 saturated heterocycles. The zero-order valence-corrected chi connectivity index (χ0v) is 20.6. The van der Waals surface area contributed by atoms with Gasteiger partial charge in [0.05, 0.1) is 6.61 Å². The average molecular weight is 475 g/mol. The molecule has 1 aromatic heterocycles. The lowest BCUT2D eigenvalue weighted by molar-refractivity contribution is 0.217. The highest BCUT2D eigenvalue weighted by molar-refractivity contribution is 5.61. The molecule has 2 N–H and O–H groups in total. The summed E-state index contributed by atoms with van der Waals surface area (Å²) in [4.78, 5) is 15.9.